The molecule has 0 radical (unpaired) electrons. The predicted molar refractivity (Wildman–Crippen MR) is 84.8 cm³/mol. The van der Waals surface area contributed by atoms with Gasteiger partial charge in [-0.15, -0.1) is 0 Å². The first-order valence-corrected chi connectivity index (χ1v) is 7.97. The number of ether oxygens (including phenoxy) is 2. The van der Waals surface area contributed by atoms with Crippen molar-refractivity contribution in [2.24, 2.45) is 10.8 Å². The first-order chi connectivity index (χ1) is 9.82. The molecule has 0 amide bonds. The molecular weight excluding hydrogens is 262 g/mol. The van der Waals surface area contributed by atoms with Crippen LogP contribution in [0.3, 0.4) is 0 Å². The summed E-state index contributed by atoms with van der Waals surface area (Å²) in [5, 5.41) is 3.80. The molecular formula is C18H27NO2. The van der Waals surface area contributed by atoms with E-state index in [4.69, 9.17) is 9.47 Å². The number of hydrogen-bond acceptors (Lipinski definition) is 3. The van der Waals surface area contributed by atoms with Gasteiger partial charge in [0.25, 0.3) is 0 Å². The summed E-state index contributed by atoms with van der Waals surface area (Å²) in [5.74, 6) is 1.75. The van der Waals surface area contributed by atoms with Crippen LogP contribution in [0.2, 0.25) is 0 Å². The Kier molecular flexibility index (Phi) is 3.44. The molecule has 1 saturated carbocycles. The van der Waals surface area contributed by atoms with E-state index in [0.29, 0.717) is 29.7 Å². The number of rotatable bonds is 5. The summed E-state index contributed by atoms with van der Waals surface area (Å²) >= 11 is 0. The van der Waals surface area contributed by atoms with Gasteiger partial charge in [-0.25, -0.2) is 0 Å². The van der Waals surface area contributed by atoms with E-state index in [0.717, 1.165) is 24.3 Å². The van der Waals surface area contributed by atoms with Crippen LogP contribution in [0.4, 0.5) is 0 Å². The number of aryl methyl sites for hydroxylation is 1. The molecule has 1 aromatic carbocycles. The van der Waals surface area contributed by atoms with Gasteiger partial charge in [-0.1, -0.05) is 33.8 Å². The summed E-state index contributed by atoms with van der Waals surface area (Å²) in [7, 11) is 0. The molecule has 1 fully saturated rings. The topological polar surface area (TPSA) is 30.5 Å². The summed E-state index contributed by atoms with van der Waals surface area (Å²) in [4.78, 5) is 0. The van der Waals surface area contributed by atoms with Crippen molar-refractivity contribution in [2.45, 2.75) is 59.5 Å². The Morgan fingerprint density at radius 1 is 1.14 bits per heavy atom. The van der Waals surface area contributed by atoms with Crippen molar-refractivity contribution in [1.29, 1.82) is 0 Å². The summed E-state index contributed by atoms with van der Waals surface area (Å²) < 4.78 is 10.8. The summed E-state index contributed by atoms with van der Waals surface area (Å²) in [6, 6.07) is 7.42. The first kappa shape index (κ1) is 14.7. The molecule has 0 aromatic heterocycles. The molecule has 1 atom stereocenters. The maximum absolute atomic E-state index is 5.44. The molecule has 1 aliphatic carbocycles. The van der Waals surface area contributed by atoms with E-state index in [1.165, 1.54) is 5.56 Å². The second kappa shape index (κ2) is 4.91. The van der Waals surface area contributed by atoms with Crippen LogP contribution in [0, 0.1) is 10.8 Å². The fourth-order valence-corrected chi connectivity index (χ4v) is 3.46. The number of fused-ring (bicyclic) bond motifs is 1. The molecule has 3 rings (SSSR count). The van der Waals surface area contributed by atoms with Gasteiger partial charge in [0.2, 0.25) is 6.79 Å². The zero-order chi connectivity index (χ0) is 15.3. The van der Waals surface area contributed by atoms with Gasteiger partial charge in [-0.2, -0.15) is 0 Å². The monoisotopic (exact) mass is 289 g/mol. The second-order valence-electron chi connectivity index (χ2n) is 7.67. The average Bonchev–Trinajstić information content (AvgIpc) is 2.80. The lowest BCUT2D eigenvalue weighted by atomic mass is 10.0. The molecule has 1 aliphatic heterocycles. The molecule has 1 aromatic rings. The van der Waals surface area contributed by atoms with Crippen molar-refractivity contribution in [2.75, 3.05) is 6.79 Å². The third-order valence-electron chi connectivity index (χ3n) is 5.77. The van der Waals surface area contributed by atoms with Crippen molar-refractivity contribution >= 4 is 0 Å². The van der Waals surface area contributed by atoms with Crippen LogP contribution in [0.1, 0.15) is 46.6 Å². The predicted octanol–water partition coefficient (Wildman–Crippen LogP) is 3.76. The highest BCUT2D eigenvalue weighted by molar-refractivity contribution is 5.44. The maximum Gasteiger partial charge on any atom is 0.231 e. The Morgan fingerprint density at radius 3 is 2.48 bits per heavy atom. The quantitative estimate of drug-likeness (QED) is 0.895. The number of benzene rings is 1. The van der Waals surface area contributed by atoms with E-state index < -0.39 is 0 Å². The zero-order valence-corrected chi connectivity index (χ0v) is 13.8. The second-order valence-corrected chi connectivity index (χ2v) is 7.67. The standard InChI is InChI=1S/C18H27NO2/c1-12(19-16-17(2,3)18(16,4)5)6-7-13-8-9-14-15(10-13)21-11-20-14/h8-10,12,16,19H,6-7,11H2,1-5H3. The third kappa shape index (κ3) is 2.52. The Balaban J connectivity index is 1.52. The minimum atomic E-state index is 0.350. The van der Waals surface area contributed by atoms with Crippen molar-refractivity contribution in [3.63, 3.8) is 0 Å². The molecule has 1 heterocycles. The normalized spacial score (nSPS) is 23.1. The van der Waals surface area contributed by atoms with Gasteiger partial charge in [-0.3, -0.25) is 0 Å². The van der Waals surface area contributed by atoms with Crippen LogP contribution in [-0.4, -0.2) is 18.9 Å². The van der Waals surface area contributed by atoms with Crippen LogP contribution < -0.4 is 14.8 Å². The van der Waals surface area contributed by atoms with Crippen LogP contribution in [-0.2, 0) is 6.42 Å². The van der Waals surface area contributed by atoms with Crippen molar-refractivity contribution in [1.82, 2.24) is 5.32 Å². The fraction of sp³-hybridized carbons (Fsp3) is 0.667. The number of hydrogen-bond donors (Lipinski definition) is 1. The highest BCUT2D eigenvalue weighted by Gasteiger charge is 2.64. The van der Waals surface area contributed by atoms with Crippen LogP contribution in [0.25, 0.3) is 0 Å². The molecule has 0 bridgehead atoms. The van der Waals surface area contributed by atoms with E-state index in [-0.39, 0.29) is 0 Å². The molecule has 1 unspecified atom stereocenters. The molecule has 2 aliphatic rings. The first-order valence-electron chi connectivity index (χ1n) is 7.97. The van der Waals surface area contributed by atoms with Crippen molar-refractivity contribution in [3.8, 4) is 11.5 Å². The highest BCUT2D eigenvalue weighted by Crippen LogP contribution is 2.62. The van der Waals surface area contributed by atoms with E-state index in [1.54, 1.807) is 0 Å². The van der Waals surface area contributed by atoms with Gasteiger partial charge in [-0.05, 0) is 48.3 Å². The van der Waals surface area contributed by atoms with Crippen molar-refractivity contribution in [3.05, 3.63) is 23.8 Å². The van der Waals surface area contributed by atoms with Gasteiger partial charge in [0.1, 0.15) is 0 Å². The molecule has 0 spiro atoms. The summed E-state index contributed by atoms with van der Waals surface area (Å²) in [5.41, 5.74) is 2.13. The van der Waals surface area contributed by atoms with Crippen LogP contribution >= 0.6 is 0 Å². The lowest BCUT2D eigenvalue weighted by molar-refractivity contribution is 0.174. The average molecular weight is 289 g/mol. The SMILES string of the molecule is CC(CCc1ccc2c(c1)OCO2)NC1C(C)(C)C1(C)C. The van der Waals surface area contributed by atoms with Crippen molar-refractivity contribution < 1.29 is 9.47 Å². The lowest BCUT2D eigenvalue weighted by Gasteiger charge is -2.15. The van der Waals surface area contributed by atoms with E-state index in [9.17, 15) is 0 Å². The largest absolute Gasteiger partial charge is 0.454 e. The minimum Gasteiger partial charge on any atom is -0.454 e. The van der Waals surface area contributed by atoms with Gasteiger partial charge in [0.05, 0.1) is 0 Å². The van der Waals surface area contributed by atoms with Gasteiger partial charge in [0.15, 0.2) is 11.5 Å². The van der Waals surface area contributed by atoms with Gasteiger partial charge in [0, 0.05) is 12.1 Å². The Labute approximate surface area is 128 Å². The Hall–Kier alpha value is -1.22. The summed E-state index contributed by atoms with van der Waals surface area (Å²) in [6.07, 6.45) is 2.21. The van der Waals surface area contributed by atoms with E-state index in [1.807, 2.05) is 6.07 Å². The highest BCUT2D eigenvalue weighted by atomic mass is 16.7. The molecule has 1 N–H and O–H groups in total. The molecule has 21 heavy (non-hydrogen) atoms. The van der Waals surface area contributed by atoms with Crippen LogP contribution in [0.5, 0.6) is 11.5 Å². The smallest absolute Gasteiger partial charge is 0.231 e. The third-order valence-corrected chi connectivity index (χ3v) is 5.77. The zero-order valence-electron chi connectivity index (χ0n) is 13.8. The Bertz CT molecular complexity index is 522. The lowest BCUT2D eigenvalue weighted by Crippen LogP contribution is -2.32. The van der Waals surface area contributed by atoms with Crippen LogP contribution in [0.15, 0.2) is 18.2 Å². The maximum atomic E-state index is 5.44. The number of nitrogens with one attached hydrogen (secondary N) is 1. The molecule has 116 valence electrons. The summed E-state index contributed by atoms with van der Waals surface area (Å²) in [6.45, 7) is 12.1. The van der Waals surface area contributed by atoms with E-state index >= 15 is 0 Å². The fourth-order valence-electron chi connectivity index (χ4n) is 3.46. The minimum absolute atomic E-state index is 0.350. The van der Waals surface area contributed by atoms with E-state index in [2.05, 4.69) is 52.1 Å². The van der Waals surface area contributed by atoms with Gasteiger partial charge >= 0.3 is 0 Å². The van der Waals surface area contributed by atoms with Gasteiger partial charge < -0.3 is 14.8 Å². The molecule has 3 heteroatoms. The molecule has 3 nitrogen and oxygen atoms in total. The Morgan fingerprint density at radius 2 is 1.81 bits per heavy atom. The molecule has 0 saturated heterocycles.